The lowest BCUT2D eigenvalue weighted by atomic mass is 10.1. The summed E-state index contributed by atoms with van der Waals surface area (Å²) >= 11 is 0. The fraction of sp³-hybridized carbons (Fsp3) is 0.308. The van der Waals surface area contributed by atoms with E-state index in [1.165, 1.54) is 0 Å². The molecule has 0 amide bonds. The quantitative estimate of drug-likeness (QED) is 0.847. The van der Waals surface area contributed by atoms with Crippen molar-refractivity contribution >= 4 is 0 Å². The number of nitrogens with zero attached hydrogens (tertiary/aromatic N) is 3. The molecule has 0 bridgehead atoms. The second kappa shape index (κ2) is 6.06. The molecule has 0 aliphatic rings. The highest BCUT2D eigenvalue weighted by Crippen LogP contribution is 2.13. The van der Waals surface area contributed by atoms with Crippen molar-refractivity contribution in [2.45, 2.75) is 19.4 Å². The largest absolute Gasteiger partial charge is 0.309 e. The van der Waals surface area contributed by atoms with Crippen LogP contribution in [0.2, 0.25) is 0 Å². The maximum atomic E-state index is 4.34. The van der Waals surface area contributed by atoms with Crippen LogP contribution in [0.25, 0.3) is 0 Å². The van der Waals surface area contributed by atoms with Gasteiger partial charge in [0.25, 0.3) is 0 Å². The van der Waals surface area contributed by atoms with Gasteiger partial charge in [0.1, 0.15) is 0 Å². The smallest absolute Gasteiger partial charge is 0.0760 e. The highest BCUT2D eigenvalue weighted by molar-refractivity contribution is 5.11. The Morgan fingerprint density at radius 1 is 1.18 bits per heavy atom. The van der Waals surface area contributed by atoms with E-state index in [1.54, 1.807) is 18.6 Å². The number of rotatable bonds is 5. The van der Waals surface area contributed by atoms with Gasteiger partial charge in [-0.25, -0.2) is 0 Å². The molecular formula is C13H16N4. The number of aromatic nitrogens is 3. The Bertz CT molecular complexity index is 430. The van der Waals surface area contributed by atoms with E-state index in [0.29, 0.717) is 0 Å². The molecule has 0 saturated carbocycles. The average Bonchev–Trinajstić information content (AvgIpc) is 2.40. The van der Waals surface area contributed by atoms with Crippen LogP contribution in [0.15, 0.2) is 43.0 Å². The van der Waals surface area contributed by atoms with Gasteiger partial charge in [0.05, 0.1) is 11.7 Å². The van der Waals surface area contributed by atoms with Crippen molar-refractivity contribution in [1.29, 1.82) is 0 Å². The van der Waals surface area contributed by atoms with Crippen molar-refractivity contribution in [1.82, 2.24) is 20.3 Å². The van der Waals surface area contributed by atoms with Crippen LogP contribution in [-0.2, 0) is 6.42 Å². The molecule has 2 heterocycles. The van der Waals surface area contributed by atoms with E-state index < -0.39 is 0 Å². The van der Waals surface area contributed by atoms with Gasteiger partial charge in [-0.1, -0.05) is 13.0 Å². The summed E-state index contributed by atoms with van der Waals surface area (Å²) in [5.74, 6) is 0. The van der Waals surface area contributed by atoms with Gasteiger partial charge in [0.2, 0.25) is 0 Å². The van der Waals surface area contributed by atoms with Crippen molar-refractivity contribution in [3.05, 3.63) is 54.4 Å². The summed E-state index contributed by atoms with van der Waals surface area (Å²) in [5, 5.41) is 3.40. The normalized spacial score (nSPS) is 12.3. The predicted molar refractivity (Wildman–Crippen MR) is 66.4 cm³/mol. The van der Waals surface area contributed by atoms with Crippen molar-refractivity contribution < 1.29 is 0 Å². The first-order valence-corrected chi connectivity index (χ1v) is 5.79. The van der Waals surface area contributed by atoms with Gasteiger partial charge in [-0.05, 0) is 18.7 Å². The number of hydrogen-bond donors (Lipinski definition) is 1. The lowest BCUT2D eigenvalue weighted by Gasteiger charge is -2.16. The van der Waals surface area contributed by atoms with Gasteiger partial charge in [-0.3, -0.25) is 15.0 Å². The van der Waals surface area contributed by atoms with Crippen molar-refractivity contribution in [3.8, 4) is 0 Å². The molecule has 88 valence electrons. The number of nitrogens with one attached hydrogen (secondary N) is 1. The molecule has 4 nitrogen and oxygen atoms in total. The summed E-state index contributed by atoms with van der Waals surface area (Å²) in [5.41, 5.74) is 2.02. The molecule has 1 atom stereocenters. The Morgan fingerprint density at radius 3 is 2.76 bits per heavy atom. The predicted octanol–water partition coefficient (Wildman–Crippen LogP) is 1.76. The number of likely N-dealkylation sites (N-methyl/N-ethyl adjacent to an activating group) is 1. The molecule has 2 aromatic rings. The van der Waals surface area contributed by atoms with Gasteiger partial charge < -0.3 is 5.32 Å². The van der Waals surface area contributed by atoms with Crippen LogP contribution in [0.4, 0.5) is 0 Å². The van der Waals surface area contributed by atoms with Gasteiger partial charge in [0.15, 0.2) is 0 Å². The van der Waals surface area contributed by atoms with Crippen molar-refractivity contribution in [2.24, 2.45) is 0 Å². The van der Waals surface area contributed by atoms with E-state index in [-0.39, 0.29) is 6.04 Å². The Labute approximate surface area is 101 Å². The van der Waals surface area contributed by atoms with Crippen LogP contribution < -0.4 is 5.32 Å². The summed E-state index contributed by atoms with van der Waals surface area (Å²) < 4.78 is 0. The summed E-state index contributed by atoms with van der Waals surface area (Å²) in [6.45, 7) is 2.98. The molecule has 2 rings (SSSR count). The maximum absolute atomic E-state index is 4.34. The zero-order valence-electron chi connectivity index (χ0n) is 9.87. The molecule has 17 heavy (non-hydrogen) atoms. The Hall–Kier alpha value is -1.81. The molecule has 0 fully saturated rings. The maximum Gasteiger partial charge on any atom is 0.0760 e. The first-order valence-electron chi connectivity index (χ1n) is 5.79. The molecule has 0 aromatic carbocycles. The molecule has 2 aromatic heterocycles. The summed E-state index contributed by atoms with van der Waals surface area (Å²) in [6.07, 6.45) is 7.85. The molecule has 0 radical (unpaired) electrons. The Kier molecular flexibility index (Phi) is 4.16. The third-order valence-electron chi connectivity index (χ3n) is 2.53. The zero-order valence-corrected chi connectivity index (χ0v) is 9.87. The van der Waals surface area contributed by atoms with E-state index in [0.717, 1.165) is 24.4 Å². The van der Waals surface area contributed by atoms with Crippen LogP contribution >= 0.6 is 0 Å². The first-order chi connectivity index (χ1) is 8.40. The minimum Gasteiger partial charge on any atom is -0.309 e. The van der Waals surface area contributed by atoms with Gasteiger partial charge in [0, 0.05) is 36.9 Å². The van der Waals surface area contributed by atoms with E-state index in [4.69, 9.17) is 0 Å². The Morgan fingerprint density at radius 2 is 2.12 bits per heavy atom. The van der Waals surface area contributed by atoms with Gasteiger partial charge in [-0.15, -0.1) is 0 Å². The molecular weight excluding hydrogens is 212 g/mol. The minimum absolute atomic E-state index is 0.170. The van der Waals surface area contributed by atoms with Crippen molar-refractivity contribution in [3.63, 3.8) is 0 Å². The van der Waals surface area contributed by atoms with Crippen LogP contribution in [0, 0.1) is 0 Å². The summed E-state index contributed by atoms with van der Waals surface area (Å²) in [6, 6.07) is 6.13. The van der Waals surface area contributed by atoms with E-state index in [1.807, 2.05) is 24.4 Å². The third-order valence-corrected chi connectivity index (χ3v) is 2.53. The topological polar surface area (TPSA) is 50.7 Å². The van der Waals surface area contributed by atoms with Crippen LogP contribution in [0.1, 0.15) is 24.4 Å². The summed E-state index contributed by atoms with van der Waals surface area (Å²) in [7, 11) is 0. The lowest BCUT2D eigenvalue weighted by Crippen LogP contribution is -2.24. The number of hydrogen-bond acceptors (Lipinski definition) is 4. The third kappa shape index (κ3) is 3.32. The van der Waals surface area contributed by atoms with Crippen LogP contribution in [-0.4, -0.2) is 21.5 Å². The highest BCUT2D eigenvalue weighted by atomic mass is 14.9. The fourth-order valence-electron chi connectivity index (χ4n) is 1.75. The molecule has 0 aliphatic carbocycles. The summed E-state index contributed by atoms with van der Waals surface area (Å²) in [4.78, 5) is 12.8. The SMILES string of the molecule is CCNC(Cc1ccccn1)c1cnccn1. The molecule has 1 N–H and O–H groups in total. The molecule has 0 saturated heterocycles. The molecule has 0 aliphatic heterocycles. The van der Waals surface area contributed by atoms with E-state index >= 15 is 0 Å². The second-order valence-electron chi connectivity index (χ2n) is 3.77. The Balaban J connectivity index is 2.13. The van der Waals surface area contributed by atoms with Crippen LogP contribution in [0.3, 0.4) is 0 Å². The van der Waals surface area contributed by atoms with E-state index in [9.17, 15) is 0 Å². The highest BCUT2D eigenvalue weighted by Gasteiger charge is 2.12. The van der Waals surface area contributed by atoms with Gasteiger partial charge >= 0.3 is 0 Å². The van der Waals surface area contributed by atoms with Crippen LogP contribution in [0.5, 0.6) is 0 Å². The average molecular weight is 228 g/mol. The molecule has 4 heteroatoms. The number of pyridine rings is 1. The standard InChI is InChI=1S/C13H16N4/c1-2-15-12(13-10-14-7-8-17-13)9-11-5-3-4-6-16-11/h3-8,10,12,15H,2,9H2,1H3. The fourth-order valence-corrected chi connectivity index (χ4v) is 1.75. The minimum atomic E-state index is 0.170. The van der Waals surface area contributed by atoms with Crippen molar-refractivity contribution in [2.75, 3.05) is 6.54 Å². The zero-order chi connectivity index (χ0) is 11.9. The van der Waals surface area contributed by atoms with E-state index in [2.05, 4.69) is 27.2 Å². The second-order valence-corrected chi connectivity index (χ2v) is 3.77. The van der Waals surface area contributed by atoms with Gasteiger partial charge in [-0.2, -0.15) is 0 Å². The lowest BCUT2D eigenvalue weighted by molar-refractivity contribution is 0.529. The monoisotopic (exact) mass is 228 g/mol. The first kappa shape index (κ1) is 11.7. The molecule has 1 unspecified atom stereocenters. The molecule has 0 spiro atoms.